The third-order valence-corrected chi connectivity index (χ3v) is 3.92. The van der Waals surface area contributed by atoms with Crippen molar-refractivity contribution in [1.82, 2.24) is 0 Å². The third-order valence-electron chi connectivity index (χ3n) is 3.92. The maximum absolute atomic E-state index is 12.3. The van der Waals surface area contributed by atoms with Gasteiger partial charge in [-0.3, -0.25) is 14.4 Å². The van der Waals surface area contributed by atoms with Crippen LogP contribution in [0.3, 0.4) is 0 Å². The zero-order chi connectivity index (χ0) is 17.6. The molecular formula is C17H28O6. The first-order chi connectivity index (χ1) is 10.7. The Bertz CT molecular complexity index is 429. The Morgan fingerprint density at radius 1 is 0.913 bits per heavy atom. The van der Waals surface area contributed by atoms with Crippen molar-refractivity contribution in [2.45, 2.75) is 47.0 Å². The van der Waals surface area contributed by atoms with E-state index in [4.69, 9.17) is 9.47 Å². The van der Waals surface area contributed by atoms with Gasteiger partial charge in [-0.15, -0.1) is 0 Å². The molecule has 0 heterocycles. The van der Waals surface area contributed by atoms with E-state index in [0.717, 1.165) is 0 Å². The number of rotatable bonds is 7. The molecule has 0 radical (unpaired) electrons. The summed E-state index contributed by atoms with van der Waals surface area (Å²) in [6.07, 6.45) is 0.855. The lowest BCUT2D eigenvalue weighted by molar-refractivity contribution is -0.166. The van der Waals surface area contributed by atoms with Gasteiger partial charge in [0.25, 0.3) is 0 Å². The van der Waals surface area contributed by atoms with Crippen molar-refractivity contribution in [3.63, 3.8) is 0 Å². The van der Waals surface area contributed by atoms with Crippen molar-refractivity contribution in [2.75, 3.05) is 13.2 Å². The van der Waals surface area contributed by atoms with Crippen LogP contribution in [0.1, 0.15) is 47.0 Å². The molecule has 1 N–H and O–H groups in total. The van der Waals surface area contributed by atoms with Gasteiger partial charge in [0, 0.05) is 0 Å². The minimum atomic E-state index is -0.930. The molecule has 0 bridgehead atoms. The average molecular weight is 328 g/mol. The number of carbonyl (C=O) groups is 3. The Morgan fingerprint density at radius 3 is 1.83 bits per heavy atom. The van der Waals surface area contributed by atoms with E-state index in [-0.39, 0.29) is 24.9 Å². The third kappa shape index (κ3) is 6.20. The molecule has 3 unspecified atom stereocenters. The second-order valence-corrected chi connectivity index (χ2v) is 7.11. The fourth-order valence-corrected chi connectivity index (χ4v) is 2.65. The summed E-state index contributed by atoms with van der Waals surface area (Å²) < 4.78 is 10.5. The normalized spacial score (nSPS) is 24.5. The predicted octanol–water partition coefficient (Wildman–Crippen LogP) is 2.50. The van der Waals surface area contributed by atoms with Crippen LogP contribution in [0.15, 0.2) is 0 Å². The number of hydrogen-bond acceptors (Lipinski definition) is 5. The van der Waals surface area contributed by atoms with Crippen molar-refractivity contribution < 1.29 is 29.0 Å². The van der Waals surface area contributed by atoms with Crippen LogP contribution >= 0.6 is 0 Å². The molecule has 1 aliphatic rings. The zero-order valence-electron chi connectivity index (χ0n) is 14.4. The van der Waals surface area contributed by atoms with E-state index in [2.05, 4.69) is 0 Å². The number of aliphatic carboxylic acids is 1. The summed E-state index contributed by atoms with van der Waals surface area (Å²) >= 11 is 0. The highest BCUT2D eigenvalue weighted by molar-refractivity contribution is 5.83. The van der Waals surface area contributed by atoms with Crippen LogP contribution in [-0.4, -0.2) is 36.2 Å². The molecule has 0 aromatic heterocycles. The molecule has 6 heteroatoms. The monoisotopic (exact) mass is 328 g/mol. The first-order valence-corrected chi connectivity index (χ1v) is 8.28. The summed E-state index contributed by atoms with van der Waals surface area (Å²) in [5, 5.41) is 9.19. The van der Waals surface area contributed by atoms with E-state index in [0.29, 0.717) is 19.4 Å². The summed E-state index contributed by atoms with van der Waals surface area (Å²) in [6, 6.07) is 0. The van der Waals surface area contributed by atoms with Crippen LogP contribution in [0.4, 0.5) is 0 Å². The highest BCUT2D eigenvalue weighted by Crippen LogP contribution is 2.36. The quantitative estimate of drug-likeness (QED) is 0.722. The SMILES string of the molecule is CC(C)COC(=O)C1CCC(C(=O)O)CC1C(=O)OCC(C)C. The molecule has 0 aromatic carbocycles. The van der Waals surface area contributed by atoms with Gasteiger partial charge in [0.15, 0.2) is 0 Å². The van der Waals surface area contributed by atoms with Crippen molar-refractivity contribution in [1.29, 1.82) is 0 Å². The first-order valence-electron chi connectivity index (χ1n) is 8.28. The molecule has 1 rings (SSSR count). The van der Waals surface area contributed by atoms with Crippen LogP contribution in [0.5, 0.6) is 0 Å². The molecule has 6 nitrogen and oxygen atoms in total. The number of esters is 2. The van der Waals surface area contributed by atoms with Gasteiger partial charge in [-0.05, 0) is 31.1 Å². The highest BCUT2D eigenvalue weighted by atomic mass is 16.5. The van der Waals surface area contributed by atoms with Crippen LogP contribution < -0.4 is 0 Å². The minimum absolute atomic E-state index is 0.133. The Labute approximate surface area is 137 Å². The van der Waals surface area contributed by atoms with E-state index in [1.807, 2.05) is 27.7 Å². The molecule has 132 valence electrons. The molecular weight excluding hydrogens is 300 g/mol. The van der Waals surface area contributed by atoms with E-state index in [1.54, 1.807) is 0 Å². The Hall–Kier alpha value is -1.59. The van der Waals surface area contributed by atoms with Gasteiger partial charge in [0.1, 0.15) is 0 Å². The van der Waals surface area contributed by atoms with Crippen LogP contribution in [0.25, 0.3) is 0 Å². The van der Waals surface area contributed by atoms with E-state index >= 15 is 0 Å². The second-order valence-electron chi connectivity index (χ2n) is 7.11. The van der Waals surface area contributed by atoms with Gasteiger partial charge in [0.05, 0.1) is 31.0 Å². The van der Waals surface area contributed by atoms with E-state index in [9.17, 15) is 19.5 Å². The van der Waals surface area contributed by atoms with Gasteiger partial charge in [0.2, 0.25) is 0 Å². The van der Waals surface area contributed by atoms with Gasteiger partial charge >= 0.3 is 17.9 Å². The zero-order valence-corrected chi connectivity index (χ0v) is 14.4. The number of carboxylic acids is 1. The summed E-state index contributed by atoms with van der Waals surface area (Å²) in [5.41, 5.74) is 0. The van der Waals surface area contributed by atoms with Crippen molar-refractivity contribution in [3.05, 3.63) is 0 Å². The molecule has 0 amide bonds. The summed E-state index contributed by atoms with van der Waals surface area (Å²) in [7, 11) is 0. The molecule has 3 atom stereocenters. The largest absolute Gasteiger partial charge is 0.481 e. The predicted molar refractivity (Wildman–Crippen MR) is 83.6 cm³/mol. The van der Waals surface area contributed by atoms with Gasteiger partial charge in [-0.2, -0.15) is 0 Å². The standard InChI is InChI=1S/C17H28O6/c1-10(2)8-22-16(20)13-6-5-12(15(18)19)7-14(13)17(21)23-9-11(3)4/h10-14H,5-9H2,1-4H3,(H,18,19). The fraction of sp³-hybridized carbons (Fsp3) is 0.824. The highest BCUT2D eigenvalue weighted by Gasteiger charge is 2.43. The van der Waals surface area contributed by atoms with Crippen molar-refractivity contribution >= 4 is 17.9 Å². The lowest BCUT2D eigenvalue weighted by atomic mass is 9.74. The molecule has 0 saturated heterocycles. The molecule has 1 fully saturated rings. The summed E-state index contributed by atoms with van der Waals surface area (Å²) in [5.74, 6) is -3.40. The van der Waals surface area contributed by atoms with Crippen molar-refractivity contribution in [3.8, 4) is 0 Å². The number of carbonyl (C=O) groups excluding carboxylic acids is 2. The lowest BCUT2D eigenvalue weighted by Gasteiger charge is -2.32. The van der Waals surface area contributed by atoms with Crippen LogP contribution in [0, 0.1) is 29.6 Å². The van der Waals surface area contributed by atoms with E-state index < -0.39 is 35.7 Å². The number of carboxylic acid groups (broad SMARTS) is 1. The number of ether oxygens (including phenoxy) is 2. The average Bonchev–Trinajstić information content (AvgIpc) is 2.49. The molecule has 1 aliphatic carbocycles. The fourth-order valence-electron chi connectivity index (χ4n) is 2.65. The molecule has 0 spiro atoms. The molecule has 1 saturated carbocycles. The lowest BCUT2D eigenvalue weighted by Crippen LogP contribution is -2.40. The van der Waals surface area contributed by atoms with E-state index in [1.165, 1.54) is 0 Å². The van der Waals surface area contributed by atoms with Gasteiger partial charge in [-0.1, -0.05) is 27.7 Å². The van der Waals surface area contributed by atoms with Gasteiger partial charge in [-0.25, -0.2) is 0 Å². The topological polar surface area (TPSA) is 89.9 Å². The molecule has 0 aliphatic heterocycles. The Morgan fingerprint density at radius 2 is 1.39 bits per heavy atom. The molecule has 0 aromatic rings. The summed E-state index contributed by atoms with van der Waals surface area (Å²) in [4.78, 5) is 35.8. The minimum Gasteiger partial charge on any atom is -0.481 e. The van der Waals surface area contributed by atoms with Crippen LogP contribution in [-0.2, 0) is 23.9 Å². The van der Waals surface area contributed by atoms with Gasteiger partial charge < -0.3 is 14.6 Å². The second kappa shape index (κ2) is 8.89. The first kappa shape index (κ1) is 19.5. The Balaban J connectivity index is 2.77. The maximum atomic E-state index is 12.3. The number of hydrogen-bond donors (Lipinski definition) is 1. The Kier molecular flexibility index (Phi) is 7.52. The molecule has 23 heavy (non-hydrogen) atoms. The van der Waals surface area contributed by atoms with Crippen molar-refractivity contribution in [2.24, 2.45) is 29.6 Å². The smallest absolute Gasteiger partial charge is 0.309 e. The maximum Gasteiger partial charge on any atom is 0.309 e. The summed E-state index contributed by atoms with van der Waals surface area (Å²) in [6.45, 7) is 8.27. The van der Waals surface area contributed by atoms with Crippen LogP contribution in [0.2, 0.25) is 0 Å².